The number of benzene rings is 2. The smallest absolute Gasteiger partial charge is 0.277 e. The van der Waals surface area contributed by atoms with Crippen molar-refractivity contribution in [1.29, 1.82) is 0 Å². The highest BCUT2D eigenvalue weighted by molar-refractivity contribution is 5.82. The molecule has 2 aromatic carbocycles. The highest BCUT2D eigenvalue weighted by Gasteiger charge is 2.02. The molecule has 0 radical (unpaired) electrons. The Kier molecular flexibility index (Phi) is 5.10. The molecule has 0 fully saturated rings. The second-order valence-electron chi connectivity index (χ2n) is 4.74. The van der Waals surface area contributed by atoms with Crippen LogP contribution >= 0.6 is 0 Å². The van der Waals surface area contributed by atoms with Crippen LogP contribution < -0.4 is 10.2 Å². The largest absolute Gasteiger partial charge is 0.484 e. The van der Waals surface area contributed by atoms with E-state index in [1.165, 1.54) is 5.56 Å². The normalized spacial score (nSPS) is 10.6. The van der Waals surface area contributed by atoms with Gasteiger partial charge < -0.3 is 4.74 Å². The molecule has 0 bridgehead atoms. The topological polar surface area (TPSA) is 50.7 Å². The molecule has 2 rings (SSSR count). The zero-order valence-corrected chi connectivity index (χ0v) is 12.2. The van der Waals surface area contributed by atoms with Crippen LogP contribution in [0.25, 0.3) is 0 Å². The van der Waals surface area contributed by atoms with E-state index in [1.54, 1.807) is 6.21 Å². The first-order valence-electron chi connectivity index (χ1n) is 6.72. The molecule has 0 aromatic heterocycles. The number of carbonyl (C=O) groups is 1. The summed E-state index contributed by atoms with van der Waals surface area (Å²) in [7, 11) is 0. The molecule has 1 amide bonds. The summed E-state index contributed by atoms with van der Waals surface area (Å²) in [5, 5.41) is 3.88. The Hall–Kier alpha value is -2.62. The minimum absolute atomic E-state index is 0.0609. The molecule has 0 heterocycles. The number of nitrogens with zero attached hydrogens (tertiary/aromatic N) is 1. The first kappa shape index (κ1) is 14.8. The van der Waals surface area contributed by atoms with Gasteiger partial charge in [0, 0.05) is 0 Å². The Balaban J connectivity index is 1.79. The molecule has 4 heteroatoms. The van der Waals surface area contributed by atoms with Gasteiger partial charge in [0.2, 0.25) is 0 Å². The molecular weight excluding hydrogens is 264 g/mol. The van der Waals surface area contributed by atoms with E-state index in [0.29, 0.717) is 5.75 Å². The van der Waals surface area contributed by atoms with Crippen LogP contribution in [-0.2, 0) is 4.79 Å². The molecule has 4 nitrogen and oxygen atoms in total. The average molecular weight is 282 g/mol. The minimum Gasteiger partial charge on any atom is -0.484 e. The molecule has 0 aliphatic heterocycles. The van der Waals surface area contributed by atoms with Gasteiger partial charge in [0.05, 0.1) is 6.21 Å². The van der Waals surface area contributed by atoms with E-state index in [4.69, 9.17) is 4.74 Å². The first-order valence-corrected chi connectivity index (χ1v) is 6.72. The summed E-state index contributed by atoms with van der Waals surface area (Å²) in [4.78, 5) is 11.6. The van der Waals surface area contributed by atoms with Crippen molar-refractivity contribution >= 4 is 12.1 Å². The van der Waals surface area contributed by atoms with Crippen LogP contribution in [0, 0.1) is 13.8 Å². The van der Waals surface area contributed by atoms with Gasteiger partial charge in [-0.3, -0.25) is 4.79 Å². The van der Waals surface area contributed by atoms with Crippen LogP contribution in [0.5, 0.6) is 5.75 Å². The van der Waals surface area contributed by atoms with Gasteiger partial charge >= 0.3 is 0 Å². The number of ether oxygens (including phenoxy) is 1. The lowest BCUT2D eigenvalue weighted by Gasteiger charge is -2.07. The molecule has 0 saturated heterocycles. The van der Waals surface area contributed by atoms with Crippen molar-refractivity contribution < 1.29 is 9.53 Å². The summed E-state index contributed by atoms with van der Waals surface area (Å²) in [5.74, 6) is 0.390. The van der Waals surface area contributed by atoms with Crippen molar-refractivity contribution in [3.05, 3.63) is 65.2 Å². The van der Waals surface area contributed by atoms with Gasteiger partial charge in [-0.2, -0.15) is 5.10 Å². The second-order valence-corrected chi connectivity index (χ2v) is 4.74. The van der Waals surface area contributed by atoms with E-state index in [0.717, 1.165) is 11.1 Å². The summed E-state index contributed by atoms with van der Waals surface area (Å²) >= 11 is 0. The molecule has 0 saturated carbocycles. The molecule has 0 atom stereocenters. The third-order valence-corrected chi connectivity index (χ3v) is 3.05. The van der Waals surface area contributed by atoms with Crippen molar-refractivity contribution in [3.63, 3.8) is 0 Å². The molecule has 108 valence electrons. The second kappa shape index (κ2) is 7.24. The first-order chi connectivity index (χ1) is 10.1. The number of hydrogen-bond donors (Lipinski definition) is 1. The monoisotopic (exact) mass is 282 g/mol. The number of nitrogens with one attached hydrogen (secondary N) is 1. The van der Waals surface area contributed by atoms with E-state index in [-0.39, 0.29) is 12.5 Å². The standard InChI is InChI=1S/C17H18N2O2/c1-13-8-9-16(10-14(13)2)21-12-17(20)19-18-11-15-6-4-3-5-7-15/h3-11H,12H2,1-2H3,(H,19,20). The lowest BCUT2D eigenvalue weighted by atomic mass is 10.1. The van der Waals surface area contributed by atoms with E-state index in [2.05, 4.69) is 10.5 Å². The van der Waals surface area contributed by atoms with Crippen LogP contribution in [0.1, 0.15) is 16.7 Å². The summed E-state index contributed by atoms with van der Waals surface area (Å²) < 4.78 is 5.42. The summed E-state index contributed by atoms with van der Waals surface area (Å²) in [6, 6.07) is 15.3. The van der Waals surface area contributed by atoms with Gasteiger partial charge in [-0.1, -0.05) is 36.4 Å². The lowest BCUT2D eigenvalue weighted by Crippen LogP contribution is -2.24. The van der Waals surface area contributed by atoms with E-state index in [1.807, 2.05) is 62.4 Å². The quantitative estimate of drug-likeness (QED) is 0.677. The van der Waals surface area contributed by atoms with Gasteiger partial charge in [0.15, 0.2) is 6.61 Å². The van der Waals surface area contributed by atoms with Gasteiger partial charge in [0.1, 0.15) is 5.75 Å². The van der Waals surface area contributed by atoms with Gasteiger partial charge in [-0.15, -0.1) is 0 Å². The fourth-order valence-corrected chi connectivity index (χ4v) is 1.70. The van der Waals surface area contributed by atoms with Crippen molar-refractivity contribution in [1.82, 2.24) is 5.43 Å². The predicted octanol–water partition coefficient (Wildman–Crippen LogP) is 2.83. The molecular formula is C17H18N2O2. The van der Waals surface area contributed by atoms with Crippen LogP contribution in [-0.4, -0.2) is 18.7 Å². The highest BCUT2D eigenvalue weighted by Crippen LogP contribution is 2.16. The number of amides is 1. The van der Waals surface area contributed by atoms with Gasteiger partial charge in [-0.25, -0.2) is 5.43 Å². The lowest BCUT2D eigenvalue weighted by molar-refractivity contribution is -0.123. The minimum atomic E-state index is -0.291. The number of aryl methyl sites for hydroxylation is 2. The Morgan fingerprint density at radius 2 is 1.90 bits per heavy atom. The van der Waals surface area contributed by atoms with Crippen LogP contribution in [0.3, 0.4) is 0 Å². The Bertz CT molecular complexity index is 636. The predicted molar refractivity (Wildman–Crippen MR) is 83.6 cm³/mol. The van der Waals surface area contributed by atoms with Crippen LogP contribution in [0.4, 0.5) is 0 Å². The third-order valence-electron chi connectivity index (χ3n) is 3.05. The van der Waals surface area contributed by atoms with Gasteiger partial charge in [-0.05, 0) is 42.7 Å². The molecule has 0 aliphatic carbocycles. The molecule has 0 unspecified atom stereocenters. The van der Waals surface area contributed by atoms with Crippen LogP contribution in [0.2, 0.25) is 0 Å². The maximum absolute atomic E-state index is 11.6. The number of hydrogen-bond acceptors (Lipinski definition) is 3. The zero-order valence-electron chi connectivity index (χ0n) is 12.2. The summed E-state index contributed by atoms with van der Waals surface area (Å²) in [6.07, 6.45) is 1.59. The maximum atomic E-state index is 11.6. The van der Waals surface area contributed by atoms with Crippen molar-refractivity contribution in [2.75, 3.05) is 6.61 Å². The van der Waals surface area contributed by atoms with E-state index < -0.39 is 0 Å². The number of rotatable bonds is 5. The van der Waals surface area contributed by atoms with Crippen LogP contribution in [0.15, 0.2) is 53.6 Å². The molecule has 0 aliphatic rings. The summed E-state index contributed by atoms with van der Waals surface area (Å²) in [5.41, 5.74) is 5.68. The Morgan fingerprint density at radius 1 is 1.14 bits per heavy atom. The van der Waals surface area contributed by atoms with E-state index >= 15 is 0 Å². The maximum Gasteiger partial charge on any atom is 0.277 e. The molecule has 0 spiro atoms. The third kappa shape index (κ3) is 4.76. The number of hydrazone groups is 1. The Labute approximate surface area is 124 Å². The van der Waals surface area contributed by atoms with Crippen molar-refractivity contribution in [2.45, 2.75) is 13.8 Å². The van der Waals surface area contributed by atoms with E-state index in [9.17, 15) is 4.79 Å². The average Bonchev–Trinajstić information content (AvgIpc) is 2.49. The zero-order chi connectivity index (χ0) is 15.1. The fraction of sp³-hybridized carbons (Fsp3) is 0.176. The molecule has 21 heavy (non-hydrogen) atoms. The fourth-order valence-electron chi connectivity index (χ4n) is 1.70. The number of carbonyl (C=O) groups excluding carboxylic acids is 1. The van der Waals surface area contributed by atoms with Crippen molar-refractivity contribution in [3.8, 4) is 5.75 Å². The SMILES string of the molecule is Cc1ccc(OCC(=O)NN=Cc2ccccc2)cc1C. The van der Waals surface area contributed by atoms with Gasteiger partial charge in [0.25, 0.3) is 5.91 Å². The van der Waals surface area contributed by atoms with Crippen molar-refractivity contribution in [2.24, 2.45) is 5.10 Å². The molecule has 1 N–H and O–H groups in total. The summed E-state index contributed by atoms with van der Waals surface area (Å²) in [6.45, 7) is 3.98. The Morgan fingerprint density at radius 3 is 2.62 bits per heavy atom. The molecule has 2 aromatic rings. The highest BCUT2D eigenvalue weighted by atomic mass is 16.5.